The Labute approximate surface area is 127 Å². The molecule has 1 aliphatic heterocycles. The number of ether oxygens (including phenoxy) is 1. The lowest BCUT2D eigenvalue weighted by Crippen LogP contribution is -2.54. The van der Waals surface area contributed by atoms with E-state index in [1.54, 1.807) is 0 Å². The molecule has 0 N–H and O–H groups in total. The number of fused-ring (bicyclic) bond motifs is 1. The molecule has 1 aliphatic carbocycles. The van der Waals surface area contributed by atoms with Crippen LogP contribution in [-0.4, -0.2) is 30.5 Å². The predicted molar refractivity (Wildman–Crippen MR) is 82.9 cm³/mol. The van der Waals surface area contributed by atoms with Gasteiger partial charge in [-0.2, -0.15) is 0 Å². The molecule has 1 heterocycles. The second-order valence-electron chi connectivity index (χ2n) is 6.42. The fourth-order valence-electron chi connectivity index (χ4n) is 4.25. The van der Waals surface area contributed by atoms with Gasteiger partial charge in [-0.3, -0.25) is 4.79 Å². The van der Waals surface area contributed by atoms with E-state index in [2.05, 4.69) is 36.2 Å². The number of hydrogen-bond acceptors (Lipinski definition) is 3. The van der Waals surface area contributed by atoms with Crippen LogP contribution >= 0.6 is 0 Å². The molecule has 2 aliphatic rings. The lowest BCUT2D eigenvalue weighted by Gasteiger charge is -2.49. The zero-order chi connectivity index (χ0) is 14.9. The summed E-state index contributed by atoms with van der Waals surface area (Å²) in [6.45, 7) is 2.87. The molecule has 1 aromatic carbocycles. The van der Waals surface area contributed by atoms with Crippen molar-refractivity contribution in [1.29, 1.82) is 0 Å². The minimum Gasteiger partial charge on any atom is -0.454 e. The van der Waals surface area contributed by atoms with Crippen molar-refractivity contribution in [3.05, 3.63) is 35.9 Å². The van der Waals surface area contributed by atoms with Crippen molar-refractivity contribution < 1.29 is 9.53 Å². The van der Waals surface area contributed by atoms with E-state index >= 15 is 0 Å². The topological polar surface area (TPSA) is 29.5 Å². The molecule has 0 amide bonds. The first-order chi connectivity index (χ1) is 10.2. The van der Waals surface area contributed by atoms with E-state index in [9.17, 15) is 4.79 Å². The van der Waals surface area contributed by atoms with Gasteiger partial charge in [0, 0.05) is 31.3 Å². The predicted octanol–water partition coefficient (Wildman–Crippen LogP) is 3.34. The zero-order valence-electron chi connectivity index (χ0n) is 13.0. The molecule has 3 nitrogen and oxygen atoms in total. The summed E-state index contributed by atoms with van der Waals surface area (Å²) in [6, 6.07) is 10.9. The van der Waals surface area contributed by atoms with Gasteiger partial charge in [0.1, 0.15) is 5.60 Å². The summed E-state index contributed by atoms with van der Waals surface area (Å²) in [5.41, 5.74) is 0.763. The van der Waals surface area contributed by atoms with Crippen LogP contribution in [0.25, 0.3) is 0 Å². The SMILES string of the molecule is CCC(=O)O[C@]1(c2ccccc2)CCN(C)[C@H]2CCC[C@H]21. The lowest BCUT2D eigenvalue weighted by atomic mass is 9.73. The molecule has 21 heavy (non-hydrogen) atoms. The third-order valence-corrected chi connectivity index (χ3v) is 5.33. The quantitative estimate of drug-likeness (QED) is 0.799. The van der Waals surface area contributed by atoms with Gasteiger partial charge in [0.2, 0.25) is 0 Å². The van der Waals surface area contributed by atoms with Gasteiger partial charge in [0.15, 0.2) is 0 Å². The largest absolute Gasteiger partial charge is 0.454 e. The Morgan fingerprint density at radius 2 is 2.10 bits per heavy atom. The molecule has 0 spiro atoms. The molecular weight excluding hydrogens is 262 g/mol. The van der Waals surface area contributed by atoms with Crippen molar-refractivity contribution in [2.45, 2.75) is 50.7 Å². The van der Waals surface area contributed by atoms with E-state index in [1.807, 2.05) is 13.0 Å². The van der Waals surface area contributed by atoms with Crippen molar-refractivity contribution in [3.8, 4) is 0 Å². The van der Waals surface area contributed by atoms with Crippen molar-refractivity contribution in [1.82, 2.24) is 4.90 Å². The summed E-state index contributed by atoms with van der Waals surface area (Å²) < 4.78 is 6.11. The maximum atomic E-state index is 12.1. The zero-order valence-corrected chi connectivity index (χ0v) is 13.0. The van der Waals surface area contributed by atoms with Gasteiger partial charge in [0.05, 0.1) is 0 Å². The summed E-state index contributed by atoms with van der Waals surface area (Å²) in [6.07, 6.45) is 4.96. The Hall–Kier alpha value is -1.35. The molecule has 3 rings (SSSR count). The average Bonchev–Trinajstić information content (AvgIpc) is 3.02. The Balaban J connectivity index is 2.02. The Morgan fingerprint density at radius 3 is 2.81 bits per heavy atom. The second-order valence-corrected chi connectivity index (χ2v) is 6.42. The number of likely N-dealkylation sites (tertiary alicyclic amines) is 1. The van der Waals surface area contributed by atoms with Gasteiger partial charge in [0.25, 0.3) is 0 Å². The normalized spacial score (nSPS) is 32.7. The van der Waals surface area contributed by atoms with Gasteiger partial charge in [-0.15, -0.1) is 0 Å². The molecule has 1 aromatic rings. The molecule has 0 radical (unpaired) electrons. The number of esters is 1. The first-order valence-corrected chi connectivity index (χ1v) is 8.15. The summed E-state index contributed by atoms with van der Waals surface area (Å²) in [5.74, 6) is 0.350. The molecular formula is C18H25NO2. The van der Waals surface area contributed by atoms with Crippen LogP contribution in [0.1, 0.15) is 44.6 Å². The first-order valence-electron chi connectivity index (χ1n) is 8.15. The molecule has 2 fully saturated rings. The maximum absolute atomic E-state index is 12.1. The highest BCUT2D eigenvalue weighted by atomic mass is 16.6. The fraction of sp³-hybridized carbons (Fsp3) is 0.611. The number of hydrogen-bond donors (Lipinski definition) is 0. The number of rotatable bonds is 3. The van der Waals surface area contributed by atoms with Crippen LogP contribution in [0.3, 0.4) is 0 Å². The fourth-order valence-corrected chi connectivity index (χ4v) is 4.25. The number of piperidine rings is 1. The third-order valence-electron chi connectivity index (χ3n) is 5.33. The Bertz CT molecular complexity index is 501. The first kappa shape index (κ1) is 14.6. The van der Waals surface area contributed by atoms with E-state index in [0.717, 1.165) is 19.4 Å². The van der Waals surface area contributed by atoms with Crippen molar-refractivity contribution in [2.24, 2.45) is 5.92 Å². The van der Waals surface area contributed by atoms with E-state index in [1.165, 1.54) is 18.4 Å². The summed E-state index contributed by atoms with van der Waals surface area (Å²) >= 11 is 0. The van der Waals surface area contributed by atoms with Gasteiger partial charge < -0.3 is 9.64 Å². The number of nitrogens with zero attached hydrogens (tertiary/aromatic N) is 1. The van der Waals surface area contributed by atoms with Crippen LogP contribution in [0.5, 0.6) is 0 Å². The molecule has 0 bridgehead atoms. The molecule has 3 heteroatoms. The molecule has 3 atom stereocenters. The second kappa shape index (κ2) is 5.80. The smallest absolute Gasteiger partial charge is 0.306 e. The average molecular weight is 287 g/mol. The molecule has 1 saturated carbocycles. The number of benzene rings is 1. The highest BCUT2D eigenvalue weighted by Crippen LogP contribution is 2.50. The van der Waals surface area contributed by atoms with Crippen LogP contribution in [-0.2, 0) is 15.1 Å². The van der Waals surface area contributed by atoms with Crippen molar-refractivity contribution in [3.63, 3.8) is 0 Å². The molecule has 1 saturated heterocycles. The maximum Gasteiger partial charge on any atom is 0.306 e. The van der Waals surface area contributed by atoms with Crippen LogP contribution in [0, 0.1) is 5.92 Å². The third kappa shape index (κ3) is 2.48. The van der Waals surface area contributed by atoms with Gasteiger partial charge in [-0.05, 0) is 25.5 Å². The van der Waals surface area contributed by atoms with E-state index in [-0.39, 0.29) is 5.97 Å². The van der Waals surface area contributed by atoms with Gasteiger partial charge >= 0.3 is 5.97 Å². The van der Waals surface area contributed by atoms with Gasteiger partial charge in [-0.1, -0.05) is 43.7 Å². The summed E-state index contributed by atoms with van der Waals surface area (Å²) in [4.78, 5) is 14.5. The molecule has 114 valence electrons. The van der Waals surface area contributed by atoms with Crippen LogP contribution < -0.4 is 0 Å². The number of carbonyl (C=O) groups excluding carboxylic acids is 1. The molecule has 0 unspecified atom stereocenters. The monoisotopic (exact) mass is 287 g/mol. The highest BCUT2D eigenvalue weighted by Gasteiger charge is 2.52. The highest BCUT2D eigenvalue weighted by molar-refractivity contribution is 5.69. The molecule has 0 aromatic heterocycles. The Kier molecular flexibility index (Phi) is 4.03. The van der Waals surface area contributed by atoms with E-state index < -0.39 is 5.60 Å². The van der Waals surface area contributed by atoms with Crippen molar-refractivity contribution in [2.75, 3.05) is 13.6 Å². The van der Waals surface area contributed by atoms with E-state index in [4.69, 9.17) is 4.74 Å². The van der Waals surface area contributed by atoms with Crippen LogP contribution in [0.15, 0.2) is 30.3 Å². The summed E-state index contributed by atoms with van der Waals surface area (Å²) in [5, 5.41) is 0. The number of carbonyl (C=O) groups is 1. The van der Waals surface area contributed by atoms with Crippen molar-refractivity contribution >= 4 is 5.97 Å². The van der Waals surface area contributed by atoms with Crippen LogP contribution in [0.2, 0.25) is 0 Å². The Morgan fingerprint density at radius 1 is 1.33 bits per heavy atom. The van der Waals surface area contributed by atoms with E-state index in [0.29, 0.717) is 18.4 Å². The standard InChI is InChI=1S/C18H25NO2/c1-3-17(20)21-18(14-8-5-4-6-9-14)12-13-19(2)16-11-7-10-15(16)18/h4-6,8-9,15-16H,3,7,10-13H2,1-2H3/t15-,16+,18+/m1/s1. The lowest BCUT2D eigenvalue weighted by molar-refractivity contribution is -0.179. The summed E-state index contributed by atoms with van der Waals surface area (Å²) in [7, 11) is 2.21. The van der Waals surface area contributed by atoms with Gasteiger partial charge in [-0.25, -0.2) is 0 Å². The van der Waals surface area contributed by atoms with Crippen LogP contribution in [0.4, 0.5) is 0 Å². The minimum atomic E-state index is -0.415. The minimum absolute atomic E-state index is 0.0749.